The minimum atomic E-state index is 0.0324. The molecule has 3 rings (SSSR count). The van der Waals surface area contributed by atoms with E-state index in [-0.39, 0.29) is 5.56 Å². The van der Waals surface area contributed by atoms with Crippen LogP contribution in [0.4, 0.5) is 0 Å². The van der Waals surface area contributed by atoms with Crippen molar-refractivity contribution in [3.63, 3.8) is 0 Å². The highest BCUT2D eigenvalue weighted by Crippen LogP contribution is 2.27. The Hall–Kier alpha value is -1.65. The minimum absolute atomic E-state index is 0.0324. The second-order valence-corrected chi connectivity index (χ2v) is 4.50. The van der Waals surface area contributed by atoms with Gasteiger partial charge in [-0.25, -0.2) is 4.98 Å². The molecule has 1 aliphatic rings. The zero-order chi connectivity index (χ0) is 11.1. The van der Waals surface area contributed by atoms with Crippen LogP contribution in [-0.4, -0.2) is 19.3 Å². The molecule has 0 bridgehead atoms. The van der Waals surface area contributed by atoms with Crippen molar-refractivity contribution in [2.75, 3.05) is 0 Å². The summed E-state index contributed by atoms with van der Waals surface area (Å²) in [5, 5.41) is 4.67. The summed E-state index contributed by atoms with van der Waals surface area (Å²) in [5.74, 6) is 0.661. The smallest absolute Gasteiger partial charge is 0.264 e. The van der Waals surface area contributed by atoms with Gasteiger partial charge in [0, 0.05) is 13.6 Å². The monoisotopic (exact) mass is 218 g/mol. The summed E-state index contributed by atoms with van der Waals surface area (Å²) in [7, 11) is 1.80. The minimum Gasteiger partial charge on any atom is -0.298 e. The van der Waals surface area contributed by atoms with Crippen molar-refractivity contribution in [1.29, 1.82) is 0 Å². The van der Waals surface area contributed by atoms with Crippen LogP contribution in [-0.2, 0) is 13.6 Å². The maximum Gasteiger partial charge on any atom is 0.264 e. The number of hydrogen-bond donors (Lipinski definition) is 0. The van der Waals surface area contributed by atoms with Gasteiger partial charge in [0.05, 0.1) is 12.5 Å². The second kappa shape index (κ2) is 3.43. The van der Waals surface area contributed by atoms with Crippen LogP contribution in [0.15, 0.2) is 17.3 Å². The molecule has 16 heavy (non-hydrogen) atoms. The Bertz CT molecular complexity index is 579. The third-order valence-electron chi connectivity index (χ3n) is 3.40. The summed E-state index contributed by atoms with van der Waals surface area (Å²) in [4.78, 5) is 16.4. The molecule has 1 fully saturated rings. The predicted molar refractivity (Wildman–Crippen MR) is 60.1 cm³/mol. The van der Waals surface area contributed by atoms with Crippen molar-refractivity contribution < 1.29 is 0 Å². The first-order chi connectivity index (χ1) is 7.75. The molecule has 1 aliphatic carbocycles. The fourth-order valence-corrected chi connectivity index (χ4v) is 2.15. The molecule has 0 atom stereocenters. The van der Waals surface area contributed by atoms with E-state index in [4.69, 9.17) is 0 Å². The fraction of sp³-hybridized carbons (Fsp3) is 0.545. The number of nitrogens with zero attached hydrogens (tertiary/aromatic N) is 4. The van der Waals surface area contributed by atoms with Gasteiger partial charge in [0.15, 0.2) is 5.65 Å². The van der Waals surface area contributed by atoms with Crippen LogP contribution in [0.5, 0.6) is 0 Å². The molecule has 1 saturated carbocycles. The zero-order valence-electron chi connectivity index (χ0n) is 9.26. The van der Waals surface area contributed by atoms with E-state index in [9.17, 15) is 4.79 Å². The van der Waals surface area contributed by atoms with E-state index in [1.54, 1.807) is 28.8 Å². The third kappa shape index (κ3) is 1.35. The number of rotatable bonds is 2. The first-order valence-electron chi connectivity index (χ1n) is 5.63. The van der Waals surface area contributed by atoms with Crippen LogP contribution >= 0.6 is 0 Å². The number of aryl methyl sites for hydroxylation is 1. The van der Waals surface area contributed by atoms with Gasteiger partial charge >= 0.3 is 0 Å². The summed E-state index contributed by atoms with van der Waals surface area (Å²) in [6.45, 7) is 0.802. The van der Waals surface area contributed by atoms with E-state index >= 15 is 0 Å². The van der Waals surface area contributed by atoms with Crippen molar-refractivity contribution in [2.45, 2.75) is 25.8 Å². The first kappa shape index (κ1) is 9.57. The Kier molecular flexibility index (Phi) is 2.05. The average Bonchev–Trinajstić information content (AvgIpc) is 2.58. The van der Waals surface area contributed by atoms with Gasteiger partial charge in [-0.1, -0.05) is 6.42 Å². The Balaban J connectivity index is 2.05. The van der Waals surface area contributed by atoms with E-state index in [1.807, 2.05) is 0 Å². The fourth-order valence-electron chi connectivity index (χ4n) is 2.15. The van der Waals surface area contributed by atoms with Gasteiger partial charge in [-0.15, -0.1) is 0 Å². The largest absolute Gasteiger partial charge is 0.298 e. The van der Waals surface area contributed by atoms with E-state index in [0.29, 0.717) is 17.0 Å². The molecular weight excluding hydrogens is 204 g/mol. The highest BCUT2D eigenvalue weighted by atomic mass is 16.1. The topological polar surface area (TPSA) is 52.7 Å². The van der Waals surface area contributed by atoms with Crippen LogP contribution in [0.25, 0.3) is 11.0 Å². The maximum absolute atomic E-state index is 12.1. The highest BCUT2D eigenvalue weighted by molar-refractivity contribution is 5.72. The van der Waals surface area contributed by atoms with E-state index in [2.05, 4.69) is 10.1 Å². The summed E-state index contributed by atoms with van der Waals surface area (Å²) >= 11 is 0. The lowest BCUT2D eigenvalue weighted by Gasteiger charge is -2.25. The molecule has 0 spiro atoms. The van der Waals surface area contributed by atoms with Crippen molar-refractivity contribution in [1.82, 2.24) is 19.3 Å². The van der Waals surface area contributed by atoms with Crippen LogP contribution in [0.2, 0.25) is 0 Å². The predicted octanol–water partition coefficient (Wildman–Crippen LogP) is 0.930. The molecule has 0 amide bonds. The lowest BCUT2D eigenvalue weighted by atomic mass is 9.85. The Morgan fingerprint density at radius 2 is 2.31 bits per heavy atom. The molecule has 2 aromatic heterocycles. The van der Waals surface area contributed by atoms with Gasteiger partial charge in [-0.2, -0.15) is 5.10 Å². The molecule has 0 radical (unpaired) electrons. The second-order valence-electron chi connectivity index (χ2n) is 4.50. The summed E-state index contributed by atoms with van der Waals surface area (Å²) < 4.78 is 3.35. The normalized spacial score (nSPS) is 16.6. The Morgan fingerprint density at radius 3 is 3.00 bits per heavy atom. The molecule has 2 heterocycles. The quantitative estimate of drug-likeness (QED) is 0.753. The molecule has 0 unspecified atom stereocenters. The number of aromatic nitrogens is 4. The van der Waals surface area contributed by atoms with Crippen LogP contribution < -0.4 is 5.56 Å². The lowest BCUT2D eigenvalue weighted by Crippen LogP contribution is -2.27. The number of fused-ring (bicyclic) bond motifs is 1. The summed E-state index contributed by atoms with van der Waals surface area (Å²) in [6.07, 6.45) is 7.00. The van der Waals surface area contributed by atoms with Gasteiger partial charge in [0.2, 0.25) is 0 Å². The van der Waals surface area contributed by atoms with Crippen LogP contribution in [0.1, 0.15) is 19.3 Å². The van der Waals surface area contributed by atoms with Gasteiger partial charge in [-0.05, 0) is 18.8 Å². The number of hydrogen-bond acceptors (Lipinski definition) is 3. The van der Waals surface area contributed by atoms with Crippen molar-refractivity contribution in [2.24, 2.45) is 13.0 Å². The molecule has 5 nitrogen and oxygen atoms in total. The van der Waals surface area contributed by atoms with E-state index in [1.165, 1.54) is 19.3 Å². The Morgan fingerprint density at radius 1 is 1.50 bits per heavy atom. The van der Waals surface area contributed by atoms with Crippen LogP contribution in [0.3, 0.4) is 0 Å². The zero-order valence-corrected chi connectivity index (χ0v) is 9.26. The van der Waals surface area contributed by atoms with Crippen LogP contribution in [0, 0.1) is 5.92 Å². The molecular formula is C11H14N4O. The first-order valence-corrected chi connectivity index (χ1v) is 5.63. The molecule has 2 aromatic rings. The molecule has 0 aliphatic heterocycles. The van der Waals surface area contributed by atoms with Crippen molar-refractivity contribution >= 4 is 11.0 Å². The molecule has 0 N–H and O–H groups in total. The molecule has 0 saturated heterocycles. The van der Waals surface area contributed by atoms with Gasteiger partial charge < -0.3 is 0 Å². The van der Waals surface area contributed by atoms with E-state index < -0.39 is 0 Å². The average molecular weight is 218 g/mol. The standard InChI is InChI=1S/C11H14N4O/c1-14-10-9(5-13-14)11(16)15(7-12-10)6-8-3-2-4-8/h5,7-8H,2-4,6H2,1H3. The maximum atomic E-state index is 12.1. The van der Waals surface area contributed by atoms with Crippen molar-refractivity contribution in [3.8, 4) is 0 Å². The van der Waals surface area contributed by atoms with Gasteiger partial charge in [0.1, 0.15) is 5.39 Å². The molecule has 0 aromatic carbocycles. The van der Waals surface area contributed by atoms with Crippen molar-refractivity contribution in [3.05, 3.63) is 22.9 Å². The summed E-state index contributed by atoms with van der Waals surface area (Å²) in [6, 6.07) is 0. The van der Waals surface area contributed by atoms with E-state index in [0.717, 1.165) is 6.54 Å². The SMILES string of the molecule is Cn1ncc2c(=O)n(CC3CCC3)cnc21. The molecule has 84 valence electrons. The van der Waals surface area contributed by atoms with Gasteiger partial charge in [0.25, 0.3) is 5.56 Å². The highest BCUT2D eigenvalue weighted by Gasteiger charge is 2.19. The van der Waals surface area contributed by atoms with Gasteiger partial charge in [-0.3, -0.25) is 14.0 Å². The lowest BCUT2D eigenvalue weighted by molar-refractivity contribution is 0.273. The summed E-state index contributed by atoms with van der Waals surface area (Å²) in [5.41, 5.74) is 0.694. The molecule has 5 heteroatoms. The Labute approximate surface area is 92.7 Å². The third-order valence-corrected chi connectivity index (χ3v) is 3.40.